The maximum absolute atomic E-state index is 10.3. The van der Waals surface area contributed by atoms with E-state index in [0.29, 0.717) is 0 Å². The second-order valence-electron chi connectivity index (χ2n) is 5.22. The van der Waals surface area contributed by atoms with E-state index >= 15 is 0 Å². The molecule has 6 atom stereocenters. The summed E-state index contributed by atoms with van der Waals surface area (Å²) in [4.78, 5) is 0. The van der Waals surface area contributed by atoms with Crippen LogP contribution >= 0.6 is 0 Å². The maximum atomic E-state index is 10.3. The second kappa shape index (κ2) is 6.75. The van der Waals surface area contributed by atoms with Crippen LogP contribution in [0.2, 0.25) is 0 Å². The normalized spacial score (nSPS) is 38.0. The summed E-state index contributed by atoms with van der Waals surface area (Å²) in [5.41, 5.74) is 0.841. The van der Waals surface area contributed by atoms with Crippen molar-refractivity contribution in [2.45, 2.75) is 37.0 Å². The Bertz CT molecular complexity index is 525. The highest BCUT2D eigenvalue weighted by atomic mass is 16.8. The van der Waals surface area contributed by atoms with Gasteiger partial charge >= 0.3 is 0 Å². The highest BCUT2D eigenvalue weighted by Gasteiger charge is 2.49. The lowest BCUT2D eigenvalue weighted by atomic mass is 9.98. The molecule has 22 heavy (non-hydrogen) atoms. The Morgan fingerprint density at radius 2 is 1.95 bits per heavy atom. The van der Waals surface area contributed by atoms with Crippen LogP contribution in [-0.4, -0.2) is 54.1 Å². The summed E-state index contributed by atoms with van der Waals surface area (Å²) in [7, 11) is 0. The van der Waals surface area contributed by atoms with Gasteiger partial charge in [-0.05, 0) is 0 Å². The Balaban J connectivity index is 1.69. The average molecular weight is 306 g/mol. The molecule has 2 N–H and O–H groups in total. The topological polar surface area (TPSA) is 77.4 Å². The molecule has 0 aromatic heterocycles. The van der Waals surface area contributed by atoms with Gasteiger partial charge in [0.05, 0.1) is 6.61 Å². The van der Waals surface area contributed by atoms with E-state index in [0.717, 1.165) is 5.56 Å². The molecule has 2 saturated heterocycles. The summed E-state index contributed by atoms with van der Waals surface area (Å²) in [6, 6.07) is 9.39. The molecule has 3 rings (SSSR count). The Kier molecular flexibility index (Phi) is 4.74. The molecule has 2 aliphatic rings. The molecule has 1 aromatic carbocycles. The van der Waals surface area contributed by atoms with Crippen LogP contribution in [0, 0.1) is 12.3 Å². The Morgan fingerprint density at radius 1 is 1.18 bits per heavy atom. The third kappa shape index (κ3) is 3.01. The number of aliphatic hydroxyl groups excluding tert-OH is 2. The Labute approximate surface area is 128 Å². The average Bonchev–Trinajstić information content (AvgIpc) is 2.57. The minimum atomic E-state index is -1.23. The van der Waals surface area contributed by atoms with Gasteiger partial charge in [-0.1, -0.05) is 36.3 Å². The van der Waals surface area contributed by atoms with Crippen molar-refractivity contribution in [3.63, 3.8) is 0 Å². The van der Waals surface area contributed by atoms with E-state index in [4.69, 9.17) is 25.4 Å². The molecular weight excluding hydrogens is 288 g/mol. The van der Waals surface area contributed by atoms with Crippen molar-refractivity contribution in [1.29, 1.82) is 0 Å². The molecule has 2 aliphatic heterocycles. The molecule has 1 aromatic rings. The van der Waals surface area contributed by atoms with Crippen molar-refractivity contribution in [1.82, 2.24) is 0 Å². The van der Waals surface area contributed by atoms with Gasteiger partial charge in [0.25, 0.3) is 0 Å². The number of rotatable bonds is 3. The van der Waals surface area contributed by atoms with Gasteiger partial charge in [-0.15, -0.1) is 6.42 Å². The smallest absolute Gasteiger partial charge is 0.187 e. The summed E-state index contributed by atoms with van der Waals surface area (Å²) in [5, 5.41) is 20.3. The number of terminal acetylenes is 1. The summed E-state index contributed by atoms with van der Waals surface area (Å²) in [5.74, 6) is 2.29. The molecule has 118 valence electrons. The molecule has 0 bridgehead atoms. The monoisotopic (exact) mass is 306 g/mol. The molecule has 0 spiro atoms. The molecule has 0 saturated carbocycles. The first-order chi connectivity index (χ1) is 10.7. The molecule has 6 heteroatoms. The predicted octanol–water partition coefficient (Wildman–Crippen LogP) is 0.197. The largest absolute Gasteiger partial charge is 0.387 e. The van der Waals surface area contributed by atoms with E-state index in [1.807, 2.05) is 30.3 Å². The fraction of sp³-hybridized carbons (Fsp3) is 0.500. The third-order valence-electron chi connectivity index (χ3n) is 3.74. The van der Waals surface area contributed by atoms with E-state index < -0.39 is 37.0 Å². The van der Waals surface area contributed by atoms with Gasteiger partial charge in [-0.3, -0.25) is 0 Å². The number of ether oxygens (including phenoxy) is 4. The van der Waals surface area contributed by atoms with Crippen LogP contribution in [0.3, 0.4) is 0 Å². The van der Waals surface area contributed by atoms with Crippen LogP contribution in [0.25, 0.3) is 0 Å². The van der Waals surface area contributed by atoms with Gasteiger partial charge in [0.15, 0.2) is 12.6 Å². The lowest BCUT2D eigenvalue weighted by molar-refractivity contribution is -0.359. The highest BCUT2D eigenvalue weighted by molar-refractivity contribution is 5.16. The zero-order valence-corrected chi connectivity index (χ0v) is 11.9. The number of hydrogen-bond donors (Lipinski definition) is 2. The van der Waals surface area contributed by atoms with Gasteiger partial charge < -0.3 is 29.2 Å². The number of fused-ring (bicyclic) bond motifs is 1. The lowest BCUT2D eigenvalue weighted by Crippen LogP contribution is -2.62. The zero-order valence-electron chi connectivity index (χ0n) is 11.9. The van der Waals surface area contributed by atoms with Crippen LogP contribution in [0.1, 0.15) is 11.9 Å². The first-order valence-electron chi connectivity index (χ1n) is 7.09. The van der Waals surface area contributed by atoms with Crippen molar-refractivity contribution in [3.8, 4) is 12.3 Å². The van der Waals surface area contributed by atoms with Crippen molar-refractivity contribution in [3.05, 3.63) is 35.9 Å². The summed E-state index contributed by atoms with van der Waals surface area (Å²) in [6.07, 6.45) is -0.0733. The number of hydrogen-bond acceptors (Lipinski definition) is 6. The minimum Gasteiger partial charge on any atom is -0.387 e. The van der Waals surface area contributed by atoms with Crippen molar-refractivity contribution in [2.75, 3.05) is 13.2 Å². The van der Waals surface area contributed by atoms with Crippen molar-refractivity contribution < 1.29 is 29.2 Å². The second-order valence-corrected chi connectivity index (χ2v) is 5.22. The highest BCUT2D eigenvalue weighted by Crippen LogP contribution is 2.34. The van der Waals surface area contributed by atoms with Crippen LogP contribution in [-0.2, 0) is 18.9 Å². The third-order valence-corrected chi connectivity index (χ3v) is 3.74. The Hall–Kier alpha value is -1.46. The maximum Gasteiger partial charge on any atom is 0.187 e. The van der Waals surface area contributed by atoms with E-state index in [1.165, 1.54) is 0 Å². The molecule has 0 radical (unpaired) electrons. The SMILES string of the molecule is C#CCO[C@H]1O[C@@H]2COC(c3ccccc3)O[C@H]2[C@H](O)[C@H]1O. The Morgan fingerprint density at radius 3 is 2.68 bits per heavy atom. The molecule has 1 unspecified atom stereocenters. The first kappa shape index (κ1) is 15.4. The van der Waals surface area contributed by atoms with Gasteiger partial charge in [0.2, 0.25) is 0 Å². The van der Waals surface area contributed by atoms with Crippen LogP contribution in [0.4, 0.5) is 0 Å². The van der Waals surface area contributed by atoms with Gasteiger partial charge in [-0.25, -0.2) is 0 Å². The van der Waals surface area contributed by atoms with E-state index in [-0.39, 0.29) is 13.2 Å². The summed E-state index contributed by atoms with van der Waals surface area (Å²) >= 11 is 0. The number of aliphatic hydroxyl groups is 2. The van der Waals surface area contributed by atoms with Gasteiger partial charge in [0, 0.05) is 5.56 Å². The molecule has 2 heterocycles. The van der Waals surface area contributed by atoms with Crippen LogP contribution in [0.5, 0.6) is 0 Å². The van der Waals surface area contributed by atoms with E-state index in [2.05, 4.69) is 5.92 Å². The van der Waals surface area contributed by atoms with Crippen LogP contribution < -0.4 is 0 Å². The summed E-state index contributed by atoms with van der Waals surface area (Å²) in [6.45, 7) is 0.212. The quantitative estimate of drug-likeness (QED) is 0.777. The van der Waals surface area contributed by atoms with E-state index in [1.54, 1.807) is 0 Å². The minimum absolute atomic E-state index is 0.0137. The molecular formula is C16H18O6. The molecule has 0 aliphatic carbocycles. The molecule has 2 fully saturated rings. The predicted molar refractivity (Wildman–Crippen MR) is 75.5 cm³/mol. The van der Waals surface area contributed by atoms with Crippen molar-refractivity contribution >= 4 is 0 Å². The molecule has 0 amide bonds. The van der Waals surface area contributed by atoms with Crippen molar-refractivity contribution in [2.24, 2.45) is 0 Å². The standard InChI is InChI=1S/C16H18O6/c1-2-8-19-16-13(18)12(17)14-11(21-16)9-20-15(22-14)10-6-4-3-5-7-10/h1,3-7,11-18H,8-9H2/t11-,12-,13-,14-,15?,16+/m1/s1. The van der Waals surface area contributed by atoms with E-state index in [9.17, 15) is 10.2 Å². The van der Waals surface area contributed by atoms with Gasteiger partial charge in [-0.2, -0.15) is 0 Å². The molecule has 6 nitrogen and oxygen atoms in total. The first-order valence-corrected chi connectivity index (χ1v) is 7.09. The zero-order chi connectivity index (χ0) is 15.5. The fourth-order valence-electron chi connectivity index (χ4n) is 2.63. The summed E-state index contributed by atoms with van der Waals surface area (Å²) < 4.78 is 22.2. The number of benzene rings is 1. The lowest BCUT2D eigenvalue weighted by Gasteiger charge is -2.46. The fourth-order valence-corrected chi connectivity index (χ4v) is 2.63. The van der Waals surface area contributed by atoms with Gasteiger partial charge in [0.1, 0.15) is 31.0 Å². The van der Waals surface area contributed by atoms with Crippen LogP contribution in [0.15, 0.2) is 30.3 Å².